The second kappa shape index (κ2) is 9.49. The lowest BCUT2D eigenvalue weighted by Gasteiger charge is -2.20. The molecule has 0 aliphatic heterocycles. The van der Waals surface area contributed by atoms with Crippen LogP contribution in [0.3, 0.4) is 0 Å². The van der Waals surface area contributed by atoms with E-state index in [0.29, 0.717) is 39.5 Å². The largest absolute Gasteiger partial charge is 0.493 e. The normalized spacial score (nSPS) is 11.6. The van der Waals surface area contributed by atoms with Gasteiger partial charge >= 0.3 is 0 Å². The molecule has 8 nitrogen and oxygen atoms in total. The molecule has 0 aliphatic carbocycles. The zero-order valence-electron chi connectivity index (χ0n) is 17.1. The molecule has 1 heterocycles. The van der Waals surface area contributed by atoms with E-state index in [9.17, 15) is 4.79 Å². The summed E-state index contributed by atoms with van der Waals surface area (Å²) in [6.07, 6.45) is -0.707. The van der Waals surface area contributed by atoms with Gasteiger partial charge in [-0.2, -0.15) is 4.98 Å². The number of hydrogen-bond acceptors (Lipinski definition) is 7. The number of likely N-dealkylation sites (N-methyl/N-ethyl adjacent to an activating group) is 1. The van der Waals surface area contributed by atoms with Crippen LogP contribution in [0.2, 0.25) is 5.02 Å². The van der Waals surface area contributed by atoms with Crippen LogP contribution in [0.1, 0.15) is 12.8 Å². The highest BCUT2D eigenvalue weighted by Gasteiger charge is 2.22. The van der Waals surface area contributed by atoms with Crippen molar-refractivity contribution < 1.29 is 23.5 Å². The van der Waals surface area contributed by atoms with Crippen molar-refractivity contribution in [2.75, 3.05) is 21.3 Å². The van der Waals surface area contributed by atoms with Crippen LogP contribution in [-0.2, 0) is 11.3 Å². The molecule has 0 aliphatic rings. The molecule has 9 heteroatoms. The molecule has 0 N–H and O–H groups in total. The number of rotatable bonds is 8. The van der Waals surface area contributed by atoms with Crippen LogP contribution in [-0.4, -0.2) is 48.3 Å². The van der Waals surface area contributed by atoms with Crippen LogP contribution in [0.15, 0.2) is 47.0 Å². The first kappa shape index (κ1) is 21.4. The van der Waals surface area contributed by atoms with Gasteiger partial charge in [0.2, 0.25) is 11.7 Å². The summed E-state index contributed by atoms with van der Waals surface area (Å²) in [5.41, 5.74) is 0.703. The maximum Gasteiger partial charge on any atom is 0.263 e. The molecule has 0 bridgehead atoms. The van der Waals surface area contributed by atoms with Crippen LogP contribution in [0, 0.1) is 0 Å². The Morgan fingerprint density at radius 2 is 1.93 bits per heavy atom. The molecule has 0 spiro atoms. The second-order valence-corrected chi connectivity index (χ2v) is 6.93. The molecule has 1 unspecified atom stereocenters. The Morgan fingerprint density at radius 1 is 1.17 bits per heavy atom. The summed E-state index contributed by atoms with van der Waals surface area (Å²) in [6.45, 7) is 1.81. The summed E-state index contributed by atoms with van der Waals surface area (Å²) in [5.74, 6) is 2.12. The fourth-order valence-corrected chi connectivity index (χ4v) is 2.98. The average Bonchev–Trinajstić information content (AvgIpc) is 3.21. The van der Waals surface area contributed by atoms with E-state index in [1.165, 1.54) is 4.90 Å². The topological polar surface area (TPSA) is 86.9 Å². The maximum absolute atomic E-state index is 12.6. The molecule has 3 rings (SSSR count). The molecule has 2 aromatic carbocycles. The quantitative estimate of drug-likeness (QED) is 0.535. The fourth-order valence-electron chi connectivity index (χ4n) is 2.80. The van der Waals surface area contributed by atoms with Crippen LogP contribution in [0.5, 0.6) is 17.2 Å². The summed E-state index contributed by atoms with van der Waals surface area (Å²) in [6, 6.07) is 12.2. The standard InChI is InChI=1S/C21H22ClN3O5/c1-13(29-16-7-5-6-15(22)11-16)21(26)25(2)12-19-23-20(24-30-19)14-8-9-17(27-3)18(10-14)28-4/h5-11,13H,12H2,1-4H3. The molecule has 1 amide bonds. The Hall–Kier alpha value is -3.26. The van der Waals surface area contributed by atoms with Crippen molar-refractivity contribution in [1.29, 1.82) is 0 Å². The number of amides is 1. The molecular formula is C21H22ClN3O5. The van der Waals surface area contributed by atoms with Crippen molar-refractivity contribution in [3.63, 3.8) is 0 Å². The lowest BCUT2D eigenvalue weighted by atomic mass is 10.2. The lowest BCUT2D eigenvalue weighted by molar-refractivity contribution is -0.137. The SMILES string of the molecule is COc1ccc(-c2noc(CN(C)C(=O)C(C)Oc3cccc(Cl)c3)n2)cc1OC. The van der Waals surface area contributed by atoms with Crippen molar-refractivity contribution in [2.24, 2.45) is 0 Å². The van der Waals surface area contributed by atoms with Crippen LogP contribution >= 0.6 is 11.6 Å². The number of nitrogens with zero attached hydrogens (tertiary/aromatic N) is 3. The molecule has 0 saturated heterocycles. The van der Waals surface area contributed by atoms with E-state index in [0.717, 1.165) is 0 Å². The summed E-state index contributed by atoms with van der Waals surface area (Å²) < 4.78 is 21.5. The van der Waals surface area contributed by atoms with Gasteiger partial charge in [0.1, 0.15) is 5.75 Å². The third-order valence-electron chi connectivity index (χ3n) is 4.32. The first-order chi connectivity index (χ1) is 14.4. The Morgan fingerprint density at radius 3 is 2.63 bits per heavy atom. The van der Waals surface area contributed by atoms with E-state index in [4.69, 9.17) is 30.3 Å². The molecule has 0 radical (unpaired) electrons. The lowest BCUT2D eigenvalue weighted by Crippen LogP contribution is -2.37. The Bertz CT molecular complexity index is 1020. The molecule has 0 saturated carbocycles. The van der Waals surface area contributed by atoms with E-state index in [2.05, 4.69) is 10.1 Å². The molecular weight excluding hydrogens is 410 g/mol. The van der Waals surface area contributed by atoms with Crippen LogP contribution < -0.4 is 14.2 Å². The minimum Gasteiger partial charge on any atom is -0.493 e. The zero-order chi connectivity index (χ0) is 21.7. The van der Waals surface area contributed by atoms with Gasteiger partial charge in [0, 0.05) is 17.6 Å². The van der Waals surface area contributed by atoms with Gasteiger partial charge in [0.25, 0.3) is 5.91 Å². The van der Waals surface area contributed by atoms with Gasteiger partial charge in [-0.25, -0.2) is 0 Å². The first-order valence-electron chi connectivity index (χ1n) is 9.13. The Labute approximate surface area is 179 Å². The molecule has 1 atom stereocenters. The van der Waals surface area contributed by atoms with Gasteiger partial charge in [0.15, 0.2) is 17.6 Å². The smallest absolute Gasteiger partial charge is 0.263 e. The van der Waals surface area contributed by atoms with Gasteiger partial charge in [0.05, 0.1) is 20.8 Å². The van der Waals surface area contributed by atoms with Gasteiger partial charge in [-0.3, -0.25) is 4.79 Å². The van der Waals surface area contributed by atoms with Crippen molar-refractivity contribution in [3.05, 3.63) is 53.4 Å². The highest BCUT2D eigenvalue weighted by Crippen LogP contribution is 2.31. The van der Waals surface area contributed by atoms with E-state index in [1.807, 2.05) is 0 Å². The minimum atomic E-state index is -0.707. The highest BCUT2D eigenvalue weighted by atomic mass is 35.5. The predicted molar refractivity (Wildman–Crippen MR) is 111 cm³/mol. The average molecular weight is 432 g/mol. The van der Waals surface area contributed by atoms with Crippen molar-refractivity contribution in [3.8, 4) is 28.6 Å². The number of carbonyl (C=O) groups excluding carboxylic acids is 1. The molecule has 30 heavy (non-hydrogen) atoms. The number of aromatic nitrogens is 2. The predicted octanol–water partition coefficient (Wildman–Crippen LogP) is 3.83. The summed E-state index contributed by atoms with van der Waals surface area (Å²) in [5, 5.41) is 4.52. The van der Waals surface area contributed by atoms with E-state index < -0.39 is 6.10 Å². The van der Waals surface area contributed by atoms with E-state index in [-0.39, 0.29) is 12.5 Å². The highest BCUT2D eigenvalue weighted by molar-refractivity contribution is 6.30. The molecule has 3 aromatic rings. The van der Waals surface area contributed by atoms with Gasteiger partial charge < -0.3 is 23.6 Å². The van der Waals surface area contributed by atoms with Crippen LogP contribution in [0.4, 0.5) is 0 Å². The van der Waals surface area contributed by atoms with Crippen molar-refractivity contribution in [1.82, 2.24) is 15.0 Å². The Kier molecular flexibility index (Phi) is 6.79. The summed E-state index contributed by atoms with van der Waals surface area (Å²) in [7, 11) is 4.75. The zero-order valence-corrected chi connectivity index (χ0v) is 17.8. The summed E-state index contributed by atoms with van der Waals surface area (Å²) >= 11 is 5.95. The number of carbonyl (C=O) groups is 1. The third-order valence-corrected chi connectivity index (χ3v) is 4.55. The number of halogens is 1. The monoisotopic (exact) mass is 431 g/mol. The van der Waals surface area contributed by atoms with E-state index in [1.54, 1.807) is 70.7 Å². The molecule has 1 aromatic heterocycles. The number of hydrogen-bond donors (Lipinski definition) is 0. The fraction of sp³-hybridized carbons (Fsp3) is 0.286. The van der Waals surface area contributed by atoms with Gasteiger partial charge in [-0.15, -0.1) is 0 Å². The van der Waals surface area contributed by atoms with Crippen molar-refractivity contribution in [2.45, 2.75) is 19.6 Å². The maximum atomic E-state index is 12.6. The number of methoxy groups -OCH3 is 2. The number of ether oxygens (including phenoxy) is 3. The van der Waals surface area contributed by atoms with Gasteiger partial charge in [-0.05, 0) is 43.3 Å². The number of benzene rings is 2. The third kappa shape index (κ3) is 5.01. The van der Waals surface area contributed by atoms with E-state index >= 15 is 0 Å². The first-order valence-corrected chi connectivity index (χ1v) is 9.51. The second-order valence-electron chi connectivity index (χ2n) is 6.49. The summed E-state index contributed by atoms with van der Waals surface area (Å²) in [4.78, 5) is 18.4. The van der Waals surface area contributed by atoms with Crippen LogP contribution in [0.25, 0.3) is 11.4 Å². The minimum absolute atomic E-state index is 0.141. The molecule has 0 fully saturated rings. The van der Waals surface area contributed by atoms with Gasteiger partial charge in [-0.1, -0.05) is 22.8 Å². The Balaban J connectivity index is 1.65. The molecule has 158 valence electrons. The van der Waals surface area contributed by atoms with Crippen molar-refractivity contribution >= 4 is 17.5 Å².